The Morgan fingerprint density at radius 2 is 1.37 bits per heavy atom. The first-order chi connectivity index (χ1) is 12.6. The zero-order valence-corrected chi connectivity index (χ0v) is 18.7. The molecule has 27 heavy (non-hydrogen) atoms. The Bertz CT molecular complexity index is 499. The summed E-state index contributed by atoms with van der Waals surface area (Å²) in [6, 6.07) is 0. The quantitative estimate of drug-likeness (QED) is 0.539. The molecule has 0 amide bonds. The van der Waals surface area contributed by atoms with Gasteiger partial charge in [-0.2, -0.15) is 0 Å². The van der Waals surface area contributed by atoms with Crippen molar-refractivity contribution in [1.82, 2.24) is 0 Å². The van der Waals surface area contributed by atoms with Crippen LogP contribution in [0.25, 0.3) is 0 Å². The molecule has 0 N–H and O–H groups in total. The number of rotatable bonds is 4. The Hall–Kier alpha value is -0.0800. The van der Waals surface area contributed by atoms with Crippen molar-refractivity contribution in [3.8, 4) is 0 Å². The van der Waals surface area contributed by atoms with Gasteiger partial charge < -0.3 is 9.47 Å². The van der Waals surface area contributed by atoms with Crippen LogP contribution in [-0.2, 0) is 9.47 Å². The van der Waals surface area contributed by atoms with Gasteiger partial charge in [-0.1, -0.05) is 20.8 Å². The summed E-state index contributed by atoms with van der Waals surface area (Å²) < 4.78 is 12.1. The van der Waals surface area contributed by atoms with Gasteiger partial charge in [-0.3, -0.25) is 0 Å². The molecule has 2 nitrogen and oxygen atoms in total. The molecule has 3 aliphatic carbocycles. The molecule has 3 saturated carbocycles. The summed E-state index contributed by atoms with van der Waals surface area (Å²) in [5.41, 5.74) is 1.81. The summed E-state index contributed by atoms with van der Waals surface area (Å²) >= 11 is 0. The molecular weight excluding hydrogens is 332 g/mol. The van der Waals surface area contributed by atoms with Crippen LogP contribution in [0.2, 0.25) is 0 Å². The van der Waals surface area contributed by atoms with E-state index in [1.807, 2.05) is 0 Å². The SMILES string of the molecule is CC(C)(CC1CC2(CCC(C(C)(C)C)CC2)C1)OC1CCC2(CC1)COC2. The van der Waals surface area contributed by atoms with Crippen LogP contribution in [0, 0.1) is 28.1 Å². The summed E-state index contributed by atoms with van der Waals surface area (Å²) in [4.78, 5) is 0. The molecule has 0 unspecified atom stereocenters. The third-order valence-electron chi connectivity index (χ3n) is 8.79. The van der Waals surface area contributed by atoms with Crippen molar-refractivity contribution in [2.24, 2.45) is 28.1 Å². The van der Waals surface area contributed by atoms with Gasteiger partial charge in [0.1, 0.15) is 0 Å². The number of hydrogen-bond donors (Lipinski definition) is 0. The van der Waals surface area contributed by atoms with Gasteiger partial charge in [0.05, 0.1) is 24.9 Å². The highest BCUT2D eigenvalue weighted by Gasteiger charge is 2.49. The molecule has 0 radical (unpaired) electrons. The Balaban J connectivity index is 1.19. The number of hydrogen-bond acceptors (Lipinski definition) is 2. The van der Waals surface area contributed by atoms with Gasteiger partial charge >= 0.3 is 0 Å². The van der Waals surface area contributed by atoms with Crippen molar-refractivity contribution >= 4 is 0 Å². The predicted octanol–water partition coefficient (Wildman–Crippen LogP) is 6.76. The van der Waals surface area contributed by atoms with E-state index in [1.165, 1.54) is 70.6 Å². The molecule has 1 heterocycles. The minimum Gasteiger partial charge on any atom is -0.380 e. The van der Waals surface area contributed by atoms with E-state index in [4.69, 9.17) is 9.47 Å². The Kier molecular flexibility index (Phi) is 5.25. The van der Waals surface area contributed by atoms with E-state index in [-0.39, 0.29) is 5.60 Å². The first kappa shape index (κ1) is 20.2. The molecule has 4 aliphatic rings. The highest BCUT2D eigenvalue weighted by Crippen LogP contribution is 2.59. The molecule has 0 aromatic rings. The van der Waals surface area contributed by atoms with E-state index in [0.717, 1.165) is 25.0 Å². The number of ether oxygens (including phenoxy) is 2. The van der Waals surface area contributed by atoms with E-state index in [0.29, 0.717) is 22.3 Å². The van der Waals surface area contributed by atoms with Crippen molar-refractivity contribution in [1.29, 1.82) is 0 Å². The van der Waals surface area contributed by atoms with E-state index in [9.17, 15) is 0 Å². The monoisotopic (exact) mass is 376 g/mol. The van der Waals surface area contributed by atoms with Crippen LogP contribution in [0.1, 0.15) is 105 Å². The van der Waals surface area contributed by atoms with Crippen molar-refractivity contribution < 1.29 is 9.47 Å². The largest absolute Gasteiger partial charge is 0.380 e. The Morgan fingerprint density at radius 3 is 1.85 bits per heavy atom. The van der Waals surface area contributed by atoms with Crippen molar-refractivity contribution in [2.45, 2.75) is 117 Å². The predicted molar refractivity (Wildman–Crippen MR) is 112 cm³/mol. The van der Waals surface area contributed by atoms with Crippen LogP contribution in [-0.4, -0.2) is 24.9 Å². The summed E-state index contributed by atoms with van der Waals surface area (Å²) in [6.07, 6.45) is 15.7. The summed E-state index contributed by atoms with van der Waals surface area (Å²) in [5.74, 6) is 1.85. The lowest BCUT2D eigenvalue weighted by atomic mass is 9.51. The minimum absolute atomic E-state index is 0.0557. The lowest BCUT2D eigenvalue weighted by molar-refractivity contribution is -0.169. The molecule has 4 rings (SSSR count). The highest BCUT2D eigenvalue weighted by molar-refractivity contribution is 4.99. The fourth-order valence-corrected chi connectivity index (χ4v) is 7.01. The second-order valence-electron chi connectivity index (χ2n) is 12.7. The van der Waals surface area contributed by atoms with Gasteiger partial charge in [0.15, 0.2) is 0 Å². The average Bonchev–Trinajstić information content (AvgIpc) is 2.51. The lowest BCUT2D eigenvalue weighted by Crippen LogP contribution is -2.48. The summed E-state index contributed by atoms with van der Waals surface area (Å²) in [5, 5.41) is 0. The first-order valence-electron chi connectivity index (χ1n) is 11.8. The first-order valence-corrected chi connectivity index (χ1v) is 11.8. The summed E-state index contributed by atoms with van der Waals surface area (Å²) in [6.45, 7) is 14.0. The Labute approximate surface area is 168 Å². The van der Waals surface area contributed by atoms with Crippen molar-refractivity contribution in [3.05, 3.63) is 0 Å². The topological polar surface area (TPSA) is 18.5 Å². The minimum atomic E-state index is 0.0557. The molecule has 2 heteroatoms. The van der Waals surface area contributed by atoms with E-state index in [1.54, 1.807) is 0 Å². The van der Waals surface area contributed by atoms with E-state index in [2.05, 4.69) is 34.6 Å². The smallest absolute Gasteiger partial charge is 0.0632 e. The molecule has 0 atom stereocenters. The summed E-state index contributed by atoms with van der Waals surface area (Å²) in [7, 11) is 0. The molecule has 0 bridgehead atoms. The molecule has 0 aromatic carbocycles. The van der Waals surface area contributed by atoms with Crippen LogP contribution in [0.3, 0.4) is 0 Å². The lowest BCUT2D eigenvalue weighted by Gasteiger charge is -2.55. The van der Waals surface area contributed by atoms with E-state index < -0.39 is 0 Å². The van der Waals surface area contributed by atoms with Gasteiger partial charge in [0.25, 0.3) is 0 Å². The van der Waals surface area contributed by atoms with E-state index >= 15 is 0 Å². The maximum atomic E-state index is 6.64. The van der Waals surface area contributed by atoms with Crippen LogP contribution >= 0.6 is 0 Å². The van der Waals surface area contributed by atoms with Gasteiger partial charge in [0, 0.05) is 5.41 Å². The fraction of sp³-hybridized carbons (Fsp3) is 1.00. The third-order valence-corrected chi connectivity index (χ3v) is 8.79. The Morgan fingerprint density at radius 1 is 0.815 bits per heavy atom. The maximum absolute atomic E-state index is 6.64. The van der Waals surface area contributed by atoms with Gasteiger partial charge in [-0.05, 0) is 107 Å². The second kappa shape index (κ2) is 7.01. The van der Waals surface area contributed by atoms with Crippen molar-refractivity contribution in [2.75, 3.05) is 13.2 Å². The third kappa shape index (κ3) is 4.42. The maximum Gasteiger partial charge on any atom is 0.0632 e. The molecule has 1 aliphatic heterocycles. The average molecular weight is 377 g/mol. The van der Waals surface area contributed by atoms with Gasteiger partial charge in [-0.15, -0.1) is 0 Å². The molecule has 0 aromatic heterocycles. The van der Waals surface area contributed by atoms with Crippen LogP contribution < -0.4 is 0 Å². The molecule has 1 saturated heterocycles. The molecular formula is C25H44O2. The van der Waals surface area contributed by atoms with Crippen LogP contribution in [0.15, 0.2) is 0 Å². The molecule has 156 valence electrons. The van der Waals surface area contributed by atoms with Crippen molar-refractivity contribution in [3.63, 3.8) is 0 Å². The normalized spacial score (nSPS) is 37.2. The fourth-order valence-electron chi connectivity index (χ4n) is 7.01. The van der Waals surface area contributed by atoms with Gasteiger partial charge in [0.2, 0.25) is 0 Å². The molecule has 2 spiro atoms. The molecule has 4 fully saturated rings. The zero-order valence-electron chi connectivity index (χ0n) is 18.7. The van der Waals surface area contributed by atoms with Crippen LogP contribution in [0.5, 0.6) is 0 Å². The standard InChI is InChI=1S/C25H44O2/c1-22(2,3)20-6-10-24(11-7-20)15-19(16-24)14-23(4,5)27-21-8-12-25(13-9-21)17-26-18-25/h19-21H,6-18H2,1-5H3. The highest BCUT2D eigenvalue weighted by atomic mass is 16.5. The van der Waals surface area contributed by atoms with Gasteiger partial charge in [-0.25, -0.2) is 0 Å². The van der Waals surface area contributed by atoms with Crippen LogP contribution in [0.4, 0.5) is 0 Å². The second-order valence-corrected chi connectivity index (χ2v) is 12.7. The zero-order chi connectivity index (χ0) is 19.3.